The molecule has 0 heterocycles. The van der Waals surface area contributed by atoms with Crippen molar-refractivity contribution in [3.05, 3.63) is 102 Å². The Bertz CT molecular complexity index is 683. The number of thioether (sulfide) groups is 1. The summed E-state index contributed by atoms with van der Waals surface area (Å²) in [7, 11) is 0. The van der Waals surface area contributed by atoms with Gasteiger partial charge in [0.05, 0.1) is 11.4 Å². The van der Waals surface area contributed by atoms with Gasteiger partial charge in [-0.2, -0.15) is 0 Å². The van der Waals surface area contributed by atoms with Gasteiger partial charge in [-0.05, 0) is 23.3 Å². The van der Waals surface area contributed by atoms with Crippen molar-refractivity contribution in [2.24, 2.45) is 0 Å². The third-order valence-electron chi connectivity index (χ3n) is 3.56. The van der Waals surface area contributed by atoms with Gasteiger partial charge in [0.25, 0.3) is 0 Å². The van der Waals surface area contributed by atoms with Gasteiger partial charge in [-0.15, -0.1) is 11.8 Å². The lowest BCUT2D eigenvalue weighted by molar-refractivity contribution is 0.175. The molecule has 0 amide bonds. The van der Waals surface area contributed by atoms with E-state index in [1.807, 2.05) is 66.7 Å². The van der Waals surface area contributed by atoms with Gasteiger partial charge in [0.15, 0.2) is 0 Å². The van der Waals surface area contributed by atoms with Crippen LogP contribution >= 0.6 is 11.8 Å². The molecule has 0 spiro atoms. The van der Waals surface area contributed by atoms with E-state index in [-0.39, 0.29) is 5.25 Å². The Balaban J connectivity index is 1.93. The van der Waals surface area contributed by atoms with Gasteiger partial charge < -0.3 is 5.11 Å². The largest absolute Gasteiger partial charge is 0.387 e. The van der Waals surface area contributed by atoms with Crippen LogP contribution in [0.3, 0.4) is 0 Å². The first-order chi connectivity index (χ1) is 10.8. The molecule has 2 heteroatoms. The summed E-state index contributed by atoms with van der Waals surface area (Å²) in [6.07, 6.45) is -0.547. The van der Waals surface area contributed by atoms with Crippen LogP contribution in [0.15, 0.2) is 95.9 Å². The summed E-state index contributed by atoms with van der Waals surface area (Å²) in [5.74, 6) is 0. The van der Waals surface area contributed by atoms with Gasteiger partial charge >= 0.3 is 0 Å². The summed E-state index contributed by atoms with van der Waals surface area (Å²) in [5, 5.41) is 10.8. The second-order valence-electron chi connectivity index (χ2n) is 5.12. The van der Waals surface area contributed by atoms with Gasteiger partial charge in [-0.25, -0.2) is 0 Å². The molecule has 0 radical (unpaired) electrons. The monoisotopic (exact) mass is 306 g/mol. The lowest BCUT2D eigenvalue weighted by Crippen LogP contribution is -2.08. The van der Waals surface area contributed by atoms with Crippen molar-refractivity contribution in [2.45, 2.75) is 16.2 Å². The van der Waals surface area contributed by atoms with E-state index in [9.17, 15) is 5.11 Å². The number of aliphatic hydroxyl groups is 1. The van der Waals surface area contributed by atoms with Crippen molar-refractivity contribution in [3.63, 3.8) is 0 Å². The Hall–Kier alpha value is -2.03. The maximum Gasteiger partial charge on any atom is 0.0952 e. The first-order valence-corrected chi connectivity index (χ1v) is 8.22. The summed E-state index contributed by atoms with van der Waals surface area (Å²) in [6, 6.07) is 30.3. The second kappa shape index (κ2) is 7.30. The van der Waals surface area contributed by atoms with Crippen molar-refractivity contribution in [3.8, 4) is 0 Å². The SMILES string of the molecule is O[C@@H](c1ccccc1)[C@@H](Sc1ccccc1)c1ccccc1. The zero-order valence-corrected chi connectivity index (χ0v) is 13.0. The van der Waals surface area contributed by atoms with Crippen LogP contribution in [0, 0.1) is 0 Å². The molecule has 3 aromatic carbocycles. The van der Waals surface area contributed by atoms with Crippen molar-refractivity contribution >= 4 is 11.8 Å². The summed E-state index contributed by atoms with van der Waals surface area (Å²) in [4.78, 5) is 1.16. The molecule has 0 saturated carbocycles. The van der Waals surface area contributed by atoms with Crippen molar-refractivity contribution < 1.29 is 5.11 Å². The molecule has 1 N–H and O–H groups in total. The molecule has 1 nitrogen and oxygen atoms in total. The van der Waals surface area contributed by atoms with Crippen molar-refractivity contribution in [1.29, 1.82) is 0 Å². The van der Waals surface area contributed by atoms with E-state index in [1.54, 1.807) is 11.8 Å². The normalized spacial score (nSPS) is 13.5. The van der Waals surface area contributed by atoms with E-state index in [0.29, 0.717) is 0 Å². The third kappa shape index (κ3) is 3.59. The average molecular weight is 306 g/mol. The molecule has 22 heavy (non-hydrogen) atoms. The number of benzene rings is 3. The highest BCUT2D eigenvalue weighted by Gasteiger charge is 2.23. The number of aliphatic hydroxyl groups excluding tert-OH is 1. The maximum atomic E-state index is 10.9. The molecule has 0 aliphatic rings. The van der Waals surface area contributed by atoms with Crippen LogP contribution < -0.4 is 0 Å². The lowest BCUT2D eigenvalue weighted by Gasteiger charge is -2.23. The molecule has 2 atom stereocenters. The zero-order chi connectivity index (χ0) is 15.2. The van der Waals surface area contributed by atoms with Crippen molar-refractivity contribution in [1.82, 2.24) is 0 Å². The molecule has 0 aliphatic carbocycles. The highest BCUT2D eigenvalue weighted by molar-refractivity contribution is 7.99. The topological polar surface area (TPSA) is 20.2 Å². The minimum absolute atomic E-state index is 0.0361. The van der Waals surface area contributed by atoms with Gasteiger partial charge in [0.1, 0.15) is 0 Å². The minimum atomic E-state index is -0.547. The number of rotatable bonds is 5. The molecule has 0 aliphatic heterocycles. The van der Waals surface area contributed by atoms with E-state index in [1.165, 1.54) is 0 Å². The fourth-order valence-corrected chi connectivity index (χ4v) is 3.61. The minimum Gasteiger partial charge on any atom is -0.387 e. The standard InChI is InChI=1S/C20H18OS/c21-19(16-10-4-1-5-11-16)20(17-12-6-2-7-13-17)22-18-14-8-3-9-15-18/h1-15,19-21H/t19-,20-/m0/s1. The molecule has 110 valence electrons. The van der Waals surface area contributed by atoms with E-state index < -0.39 is 6.10 Å². The molecule has 0 aromatic heterocycles. The highest BCUT2D eigenvalue weighted by atomic mass is 32.2. The predicted octanol–water partition coefficient (Wildman–Crippen LogP) is 5.25. The van der Waals surface area contributed by atoms with Crippen LogP contribution in [-0.4, -0.2) is 5.11 Å². The zero-order valence-electron chi connectivity index (χ0n) is 12.2. The number of hydrogen-bond donors (Lipinski definition) is 1. The summed E-state index contributed by atoms with van der Waals surface area (Å²) in [6.45, 7) is 0. The number of hydrogen-bond acceptors (Lipinski definition) is 2. The Morgan fingerprint density at radius 1 is 0.591 bits per heavy atom. The summed E-state index contributed by atoms with van der Waals surface area (Å²) in [5.41, 5.74) is 2.08. The molecule has 3 rings (SSSR count). The molecule has 0 bridgehead atoms. The first-order valence-electron chi connectivity index (χ1n) is 7.34. The van der Waals surface area contributed by atoms with Crippen LogP contribution in [0.5, 0.6) is 0 Å². The average Bonchev–Trinajstić information content (AvgIpc) is 2.61. The van der Waals surface area contributed by atoms with E-state index in [2.05, 4.69) is 24.3 Å². The van der Waals surface area contributed by atoms with Crippen LogP contribution in [0.4, 0.5) is 0 Å². The van der Waals surface area contributed by atoms with Gasteiger partial charge in [0.2, 0.25) is 0 Å². The summed E-state index contributed by atoms with van der Waals surface area (Å²) >= 11 is 1.69. The summed E-state index contributed by atoms with van der Waals surface area (Å²) < 4.78 is 0. The lowest BCUT2D eigenvalue weighted by atomic mass is 10.0. The highest BCUT2D eigenvalue weighted by Crippen LogP contribution is 2.43. The first kappa shape index (κ1) is 14.9. The molecular formula is C20H18OS. The molecule has 0 saturated heterocycles. The van der Waals surface area contributed by atoms with Crippen LogP contribution in [0.25, 0.3) is 0 Å². The van der Waals surface area contributed by atoms with E-state index in [4.69, 9.17) is 0 Å². The van der Waals surface area contributed by atoms with E-state index >= 15 is 0 Å². The van der Waals surface area contributed by atoms with Crippen molar-refractivity contribution in [2.75, 3.05) is 0 Å². The Labute approximate surface area is 135 Å². The molecular weight excluding hydrogens is 288 g/mol. The van der Waals surface area contributed by atoms with Crippen LogP contribution in [0.1, 0.15) is 22.5 Å². The predicted molar refractivity (Wildman–Crippen MR) is 92.9 cm³/mol. The molecule has 3 aromatic rings. The Morgan fingerprint density at radius 2 is 1.05 bits per heavy atom. The van der Waals surface area contributed by atoms with Gasteiger partial charge in [0, 0.05) is 4.90 Å². The second-order valence-corrected chi connectivity index (χ2v) is 6.33. The maximum absolute atomic E-state index is 10.9. The smallest absolute Gasteiger partial charge is 0.0952 e. The Morgan fingerprint density at radius 3 is 1.59 bits per heavy atom. The fraction of sp³-hybridized carbons (Fsp3) is 0.100. The van der Waals surface area contributed by atoms with Crippen LogP contribution in [0.2, 0.25) is 0 Å². The fourth-order valence-electron chi connectivity index (χ4n) is 2.43. The molecule has 0 unspecified atom stereocenters. The molecule has 0 fully saturated rings. The quantitative estimate of drug-likeness (QED) is 0.649. The van der Waals surface area contributed by atoms with Gasteiger partial charge in [-0.1, -0.05) is 78.9 Å². The van der Waals surface area contributed by atoms with Crippen LogP contribution in [-0.2, 0) is 0 Å². The van der Waals surface area contributed by atoms with E-state index in [0.717, 1.165) is 16.0 Å². The third-order valence-corrected chi connectivity index (χ3v) is 4.89. The Kier molecular flexibility index (Phi) is 4.94. The van der Waals surface area contributed by atoms with Gasteiger partial charge in [-0.3, -0.25) is 0 Å².